The van der Waals surface area contributed by atoms with Crippen molar-refractivity contribution >= 4 is 0 Å². The van der Waals surface area contributed by atoms with E-state index in [1.807, 2.05) is 12.1 Å². The summed E-state index contributed by atoms with van der Waals surface area (Å²) in [6, 6.07) is 20.0. The molecule has 4 atom stereocenters. The van der Waals surface area contributed by atoms with E-state index in [1.54, 1.807) is 0 Å². The highest BCUT2D eigenvalue weighted by molar-refractivity contribution is 5.29. The molecule has 4 unspecified atom stereocenters. The number of hydrogen-bond acceptors (Lipinski definition) is 1. The number of hydrogen-bond donors (Lipinski definition) is 0. The Bertz CT molecular complexity index is 728. The average molecular weight is 400 g/mol. The van der Waals surface area contributed by atoms with Crippen molar-refractivity contribution in [3.8, 4) is 0 Å². The number of alkyl halides is 2. The lowest BCUT2D eigenvalue weighted by atomic mass is 9.76. The summed E-state index contributed by atoms with van der Waals surface area (Å²) in [5, 5.41) is 0. The van der Waals surface area contributed by atoms with Gasteiger partial charge in [-0.25, -0.2) is 8.78 Å². The molecule has 0 heterocycles. The van der Waals surface area contributed by atoms with Gasteiger partial charge >= 0.3 is 0 Å². The van der Waals surface area contributed by atoms with Crippen LogP contribution in [-0.4, -0.2) is 35.9 Å². The van der Waals surface area contributed by atoms with Gasteiger partial charge in [0.1, 0.15) is 12.3 Å². The molecule has 3 heteroatoms. The third-order valence-electron chi connectivity index (χ3n) is 6.49. The van der Waals surface area contributed by atoms with Crippen LogP contribution in [0.1, 0.15) is 62.6 Å². The highest BCUT2D eigenvalue weighted by atomic mass is 19.2. The first-order valence-electron chi connectivity index (χ1n) is 11.2. The lowest BCUT2D eigenvalue weighted by molar-refractivity contribution is 0.0428. The summed E-state index contributed by atoms with van der Waals surface area (Å²) in [6.45, 7) is 7.92. The largest absolute Gasteiger partial charge is 0.298 e. The van der Waals surface area contributed by atoms with Gasteiger partial charge in [0.25, 0.3) is 0 Å². The van der Waals surface area contributed by atoms with E-state index < -0.39 is 12.3 Å². The molecule has 1 aliphatic carbocycles. The van der Waals surface area contributed by atoms with Crippen LogP contribution in [-0.2, 0) is 12.8 Å². The lowest BCUT2D eigenvalue weighted by Gasteiger charge is -2.35. The van der Waals surface area contributed by atoms with Crippen LogP contribution in [0.4, 0.5) is 8.78 Å². The van der Waals surface area contributed by atoms with Crippen LogP contribution in [0.3, 0.4) is 0 Å². The second-order valence-electron chi connectivity index (χ2n) is 8.71. The zero-order valence-electron chi connectivity index (χ0n) is 18.0. The molecule has 0 N–H and O–H groups in total. The first-order valence-corrected chi connectivity index (χ1v) is 11.2. The highest BCUT2D eigenvalue weighted by Gasteiger charge is 2.42. The molecule has 0 spiro atoms. The molecule has 0 aliphatic heterocycles. The second kappa shape index (κ2) is 10.3. The number of benzene rings is 2. The SMILES string of the molecule is CCC(CCc1ccc(C2CC(F)C2F)cc1)N(CCc1ccccc1)C(C)C. The summed E-state index contributed by atoms with van der Waals surface area (Å²) in [7, 11) is 0. The Morgan fingerprint density at radius 2 is 1.59 bits per heavy atom. The van der Waals surface area contributed by atoms with Crippen LogP contribution in [0, 0.1) is 0 Å². The summed E-state index contributed by atoms with van der Waals surface area (Å²) in [5.74, 6) is -0.253. The van der Waals surface area contributed by atoms with Crippen LogP contribution < -0.4 is 0 Å². The predicted molar refractivity (Wildman–Crippen MR) is 118 cm³/mol. The van der Waals surface area contributed by atoms with Crippen molar-refractivity contribution in [3.05, 3.63) is 71.3 Å². The fourth-order valence-corrected chi connectivity index (χ4v) is 4.51. The molecular formula is C26H35F2N. The molecule has 3 rings (SSSR count). The Morgan fingerprint density at radius 3 is 2.14 bits per heavy atom. The Morgan fingerprint density at radius 1 is 0.931 bits per heavy atom. The zero-order valence-corrected chi connectivity index (χ0v) is 18.0. The van der Waals surface area contributed by atoms with Gasteiger partial charge in [0.15, 0.2) is 0 Å². The molecule has 2 aromatic rings. The minimum atomic E-state index is -1.32. The van der Waals surface area contributed by atoms with E-state index in [1.165, 1.54) is 11.1 Å². The second-order valence-corrected chi connectivity index (χ2v) is 8.71. The minimum absolute atomic E-state index is 0.253. The number of aryl methyl sites for hydroxylation is 1. The van der Waals surface area contributed by atoms with E-state index in [4.69, 9.17) is 0 Å². The first kappa shape index (κ1) is 22.0. The molecular weight excluding hydrogens is 364 g/mol. The van der Waals surface area contributed by atoms with E-state index in [0.29, 0.717) is 18.5 Å². The summed E-state index contributed by atoms with van der Waals surface area (Å²) >= 11 is 0. The summed E-state index contributed by atoms with van der Waals surface area (Å²) in [6.07, 6.45) is 2.06. The maximum atomic E-state index is 13.6. The Kier molecular flexibility index (Phi) is 7.83. The van der Waals surface area contributed by atoms with Gasteiger partial charge in [-0.3, -0.25) is 4.90 Å². The summed E-state index contributed by atoms with van der Waals surface area (Å²) in [4.78, 5) is 2.63. The molecule has 29 heavy (non-hydrogen) atoms. The van der Waals surface area contributed by atoms with E-state index in [0.717, 1.165) is 37.8 Å². The van der Waals surface area contributed by atoms with Crippen LogP contribution in [0.15, 0.2) is 54.6 Å². The third-order valence-corrected chi connectivity index (χ3v) is 6.49. The van der Waals surface area contributed by atoms with E-state index >= 15 is 0 Å². The number of nitrogens with zero attached hydrogens (tertiary/aromatic N) is 1. The Hall–Kier alpha value is -1.74. The van der Waals surface area contributed by atoms with Crippen molar-refractivity contribution in [1.82, 2.24) is 4.90 Å². The van der Waals surface area contributed by atoms with Crippen LogP contribution in [0.2, 0.25) is 0 Å². The third kappa shape index (κ3) is 5.66. The average Bonchev–Trinajstić information content (AvgIpc) is 2.75. The topological polar surface area (TPSA) is 3.24 Å². The molecule has 0 radical (unpaired) electrons. The maximum absolute atomic E-state index is 13.6. The first-order chi connectivity index (χ1) is 14.0. The van der Waals surface area contributed by atoms with Gasteiger partial charge in [-0.05, 0) is 62.6 Å². The molecule has 2 aromatic carbocycles. The Labute approximate surface area is 175 Å². The predicted octanol–water partition coefficient (Wildman–Crippen LogP) is 6.51. The van der Waals surface area contributed by atoms with Crippen molar-refractivity contribution in [1.29, 1.82) is 0 Å². The molecule has 0 bridgehead atoms. The minimum Gasteiger partial charge on any atom is -0.298 e. The van der Waals surface area contributed by atoms with E-state index in [2.05, 4.69) is 68.1 Å². The molecule has 158 valence electrons. The molecule has 0 aromatic heterocycles. The van der Waals surface area contributed by atoms with Crippen LogP contribution in [0.25, 0.3) is 0 Å². The van der Waals surface area contributed by atoms with Gasteiger partial charge in [-0.15, -0.1) is 0 Å². The normalized spacial score (nSPS) is 22.7. The molecule has 1 nitrogen and oxygen atoms in total. The van der Waals surface area contributed by atoms with Gasteiger partial charge in [0.05, 0.1) is 0 Å². The molecule has 0 saturated heterocycles. The van der Waals surface area contributed by atoms with Gasteiger partial charge in [-0.1, -0.05) is 61.5 Å². The van der Waals surface area contributed by atoms with Crippen molar-refractivity contribution in [2.45, 2.75) is 83.2 Å². The molecule has 1 saturated carbocycles. The smallest absolute Gasteiger partial charge is 0.138 e. The quantitative estimate of drug-likeness (QED) is 0.440. The van der Waals surface area contributed by atoms with Gasteiger partial charge in [0.2, 0.25) is 0 Å². The number of halogens is 2. The lowest BCUT2D eigenvalue weighted by Crippen LogP contribution is -2.41. The van der Waals surface area contributed by atoms with E-state index in [9.17, 15) is 8.78 Å². The van der Waals surface area contributed by atoms with Gasteiger partial charge < -0.3 is 0 Å². The fraction of sp³-hybridized carbons (Fsp3) is 0.538. The molecule has 1 aliphatic rings. The number of rotatable bonds is 10. The van der Waals surface area contributed by atoms with Gasteiger partial charge in [-0.2, -0.15) is 0 Å². The molecule has 1 fully saturated rings. The van der Waals surface area contributed by atoms with Gasteiger partial charge in [0, 0.05) is 24.5 Å². The summed E-state index contributed by atoms with van der Waals surface area (Å²) in [5.41, 5.74) is 3.61. The van der Waals surface area contributed by atoms with Crippen LogP contribution in [0.5, 0.6) is 0 Å². The van der Waals surface area contributed by atoms with Crippen molar-refractivity contribution in [2.24, 2.45) is 0 Å². The zero-order chi connectivity index (χ0) is 20.8. The summed E-state index contributed by atoms with van der Waals surface area (Å²) < 4.78 is 26.7. The van der Waals surface area contributed by atoms with Crippen molar-refractivity contribution in [2.75, 3.05) is 6.54 Å². The molecule has 0 amide bonds. The standard InChI is InChI=1S/C26H35F2N/c1-4-23(29(19(2)3)17-16-20-8-6-5-7-9-20)15-12-21-10-13-22(14-11-21)24-18-25(27)26(24)28/h5-11,13-14,19,23-26H,4,12,15-18H2,1-3H3. The monoisotopic (exact) mass is 399 g/mol. The van der Waals surface area contributed by atoms with E-state index in [-0.39, 0.29) is 5.92 Å². The highest BCUT2D eigenvalue weighted by Crippen LogP contribution is 2.41. The Balaban J connectivity index is 1.54. The fourth-order valence-electron chi connectivity index (χ4n) is 4.51. The van der Waals surface area contributed by atoms with Crippen molar-refractivity contribution in [3.63, 3.8) is 0 Å². The van der Waals surface area contributed by atoms with Crippen molar-refractivity contribution < 1.29 is 8.78 Å². The van der Waals surface area contributed by atoms with Crippen LogP contribution >= 0.6 is 0 Å². The maximum Gasteiger partial charge on any atom is 0.138 e.